The first-order chi connectivity index (χ1) is 9.49. The van der Waals surface area contributed by atoms with Crippen molar-refractivity contribution in [3.8, 4) is 0 Å². The standard InChI is InChI=1S/C17H28N2O/c1-6-10-18-16-11-13(5)8-9-14(16)17(20)19-15(7-2)12(3)4/h8-9,11-12,15,18H,6-7,10H2,1-5H3,(H,19,20). The van der Waals surface area contributed by atoms with Crippen LogP contribution in [0.4, 0.5) is 5.69 Å². The van der Waals surface area contributed by atoms with Gasteiger partial charge in [-0.1, -0.05) is 33.8 Å². The number of amides is 1. The van der Waals surface area contributed by atoms with E-state index in [1.807, 2.05) is 25.1 Å². The number of hydrogen-bond donors (Lipinski definition) is 2. The Kier molecular flexibility index (Phi) is 6.56. The molecule has 1 aromatic rings. The van der Waals surface area contributed by atoms with E-state index in [0.29, 0.717) is 5.92 Å². The van der Waals surface area contributed by atoms with Crippen LogP contribution in [0.1, 0.15) is 56.5 Å². The van der Waals surface area contributed by atoms with Gasteiger partial charge in [-0.3, -0.25) is 4.79 Å². The smallest absolute Gasteiger partial charge is 0.253 e. The third-order valence-corrected chi connectivity index (χ3v) is 3.55. The predicted molar refractivity (Wildman–Crippen MR) is 86.3 cm³/mol. The zero-order valence-corrected chi connectivity index (χ0v) is 13.4. The highest BCUT2D eigenvalue weighted by atomic mass is 16.1. The summed E-state index contributed by atoms with van der Waals surface area (Å²) in [5.74, 6) is 0.464. The average Bonchev–Trinajstić information content (AvgIpc) is 2.41. The van der Waals surface area contributed by atoms with Gasteiger partial charge < -0.3 is 10.6 Å². The van der Waals surface area contributed by atoms with Gasteiger partial charge in [-0.25, -0.2) is 0 Å². The molecule has 0 fully saturated rings. The number of nitrogens with one attached hydrogen (secondary N) is 2. The molecule has 2 N–H and O–H groups in total. The molecular formula is C17H28N2O. The lowest BCUT2D eigenvalue weighted by molar-refractivity contribution is 0.0925. The van der Waals surface area contributed by atoms with E-state index in [1.54, 1.807) is 0 Å². The van der Waals surface area contributed by atoms with Crippen LogP contribution in [0.5, 0.6) is 0 Å². The lowest BCUT2D eigenvalue weighted by Crippen LogP contribution is -2.38. The molecule has 1 atom stereocenters. The number of carbonyl (C=O) groups is 1. The number of hydrogen-bond acceptors (Lipinski definition) is 2. The Morgan fingerprint density at radius 2 is 1.95 bits per heavy atom. The van der Waals surface area contributed by atoms with E-state index in [4.69, 9.17) is 0 Å². The van der Waals surface area contributed by atoms with Crippen molar-refractivity contribution < 1.29 is 4.79 Å². The lowest BCUT2D eigenvalue weighted by Gasteiger charge is -2.22. The molecule has 1 amide bonds. The molecule has 1 unspecified atom stereocenters. The Morgan fingerprint density at radius 3 is 2.50 bits per heavy atom. The average molecular weight is 276 g/mol. The van der Waals surface area contributed by atoms with Crippen molar-refractivity contribution in [3.63, 3.8) is 0 Å². The monoisotopic (exact) mass is 276 g/mol. The molecule has 0 saturated heterocycles. The van der Waals surface area contributed by atoms with Crippen molar-refractivity contribution in [2.75, 3.05) is 11.9 Å². The van der Waals surface area contributed by atoms with Gasteiger partial charge in [0.15, 0.2) is 0 Å². The molecule has 0 saturated carbocycles. The first-order valence-electron chi connectivity index (χ1n) is 7.64. The minimum absolute atomic E-state index is 0.0177. The fraction of sp³-hybridized carbons (Fsp3) is 0.588. The number of carbonyl (C=O) groups excluding carboxylic acids is 1. The van der Waals surface area contributed by atoms with Crippen LogP contribution in [0, 0.1) is 12.8 Å². The summed E-state index contributed by atoms with van der Waals surface area (Å²) in [6.45, 7) is 11.4. The molecule has 0 heterocycles. The van der Waals surface area contributed by atoms with Gasteiger partial charge in [0, 0.05) is 18.3 Å². The molecule has 3 nitrogen and oxygen atoms in total. The van der Waals surface area contributed by atoms with Gasteiger partial charge in [0.2, 0.25) is 0 Å². The minimum atomic E-state index is 0.0177. The van der Waals surface area contributed by atoms with Crippen molar-refractivity contribution in [1.82, 2.24) is 5.32 Å². The van der Waals surface area contributed by atoms with Gasteiger partial charge in [-0.15, -0.1) is 0 Å². The minimum Gasteiger partial charge on any atom is -0.384 e. The van der Waals surface area contributed by atoms with E-state index in [9.17, 15) is 4.79 Å². The third-order valence-electron chi connectivity index (χ3n) is 3.55. The molecule has 1 aromatic carbocycles. The summed E-state index contributed by atoms with van der Waals surface area (Å²) in [5, 5.41) is 6.48. The quantitative estimate of drug-likeness (QED) is 0.791. The molecule has 0 spiro atoms. The number of anilines is 1. The van der Waals surface area contributed by atoms with Crippen LogP contribution in [-0.4, -0.2) is 18.5 Å². The van der Waals surface area contributed by atoms with Crippen LogP contribution in [0.25, 0.3) is 0 Å². The molecule has 3 heteroatoms. The topological polar surface area (TPSA) is 41.1 Å². The van der Waals surface area contributed by atoms with Crippen molar-refractivity contribution >= 4 is 11.6 Å². The summed E-state index contributed by atoms with van der Waals surface area (Å²) in [7, 11) is 0. The van der Waals surface area contributed by atoms with E-state index in [-0.39, 0.29) is 11.9 Å². The summed E-state index contributed by atoms with van der Waals surface area (Å²) in [6, 6.07) is 6.17. The molecule has 0 aliphatic carbocycles. The molecular weight excluding hydrogens is 248 g/mol. The summed E-state index contributed by atoms with van der Waals surface area (Å²) in [5.41, 5.74) is 2.84. The Hall–Kier alpha value is -1.51. The molecule has 20 heavy (non-hydrogen) atoms. The van der Waals surface area contributed by atoms with Crippen LogP contribution < -0.4 is 10.6 Å². The second kappa shape index (κ2) is 7.93. The molecule has 0 bridgehead atoms. The Balaban J connectivity index is 2.91. The molecule has 0 aliphatic heterocycles. The fourth-order valence-corrected chi connectivity index (χ4v) is 2.25. The van der Waals surface area contributed by atoms with Gasteiger partial charge >= 0.3 is 0 Å². The molecule has 0 radical (unpaired) electrons. The van der Waals surface area contributed by atoms with Crippen LogP contribution in [0.3, 0.4) is 0 Å². The van der Waals surface area contributed by atoms with Crippen LogP contribution >= 0.6 is 0 Å². The van der Waals surface area contributed by atoms with Crippen LogP contribution in [0.2, 0.25) is 0 Å². The number of rotatable bonds is 7. The number of aryl methyl sites for hydroxylation is 1. The highest BCUT2D eigenvalue weighted by Crippen LogP contribution is 2.18. The first kappa shape index (κ1) is 16.5. The molecule has 112 valence electrons. The lowest BCUT2D eigenvalue weighted by atomic mass is 10.0. The maximum Gasteiger partial charge on any atom is 0.253 e. The van der Waals surface area contributed by atoms with E-state index < -0.39 is 0 Å². The summed E-state index contributed by atoms with van der Waals surface area (Å²) in [6.07, 6.45) is 1.99. The normalized spacial score (nSPS) is 12.3. The van der Waals surface area contributed by atoms with E-state index >= 15 is 0 Å². The van der Waals surface area contributed by atoms with Gasteiger partial charge in [-0.2, -0.15) is 0 Å². The highest BCUT2D eigenvalue weighted by Gasteiger charge is 2.17. The summed E-state index contributed by atoms with van der Waals surface area (Å²) >= 11 is 0. The summed E-state index contributed by atoms with van der Waals surface area (Å²) in [4.78, 5) is 12.5. The Morgan fingerprint density at radius 1 is 1.25 bits per heavy atom. The maximum absolute atomic E-state index is 12.5. The maximum atomic E-state index is 12.5. The first-order valence-corrected chi connectivity index (χ1v) is 7.64. The molecule has 0 aromatic heterocycles. The predicted octanol–water partition coefficient (Wildman–Crippen LogP) is 3.98. The van der Waals surface area contributed by atoms with Gasteiger partial charge in [0.1, 0.15) is 0 Å². The van der Waals surface area contributed by atoms with E-state index in [1.165, 1.54) is 0 Å². The zero-order valence-electron chi connectivity index (χ0n) is 13.4. The van der Waals surface area contributed by atoms with Crippen molar-refractivity contribution in [1.29, 1.82) is 0 Å². The van der Waals surface area contributed by atoms with Crippen LogP contribution in [0.15, 0.2) is 18.2 Å². The van der Waals surface area contributed by atoms with Gasteiger partial charge in [0.05, 0.1) is 5.56 Å². The van der Waals surface area contributed by atoms with Gasteiger partial charge in [0.25, 0.3) is 5.91 Å². The van der Waals surface area contributed by atoms with Crippen molar-refractivity contribution in [2.24, 2.45) is 5.92 Å². The van der Waals surface area contributed by atoms with E-state index in [2.05, 4.69) is 38.3 Å². The molecule has 0 aliphatic rings. The number of benzene rings is 1. The molecule has 1 rings (SSSR count). The second-order valence-corrected chi connectivity index (χ2v) is 5.71. The highest BCUT2D eigenvalue weighted by molar-refractivity contribution is 5.99. The van der Waals surface area contributed by atoms with E-state index in [0.717, 1.165) is 36.2 Å². The Labute approximate surface area is 123 Å². The largest absolute Gasteiger partial charge is 0.384 e. The van der Waals surface area contributed by atoms with Crippen molar-refractivity contribution in [3.05, 3.63) is 29.3 Å². The SMILES string of the molecule is CCCNc1cc(C)ccc1C(=O)NC(CC)C(C)C. The fourth-order valence-electron chi connectivity index (χ4n) is 2.25. The van der Waals surface area contributed by atoms with Crippen molar-refractivity contribution in [2.45, 2.75) is 53.5 Å². The second-order valence-electron chi connectivity index (χ2n) is 5.71. The Bertz CT molecular complexity index is 441. The van der Waals surface area contributed by atoms with Crippen LogP contribution in [-0.2, 0) is 0 Å². The van der Waals surface area contributed by atoms with Gasteiger partial charge in [-0.05, 0) is 43.4 Å². The zero-order chi connectivity index (χ0) is 15.1. The third kappa shape index (κ3) is 4.55. The summed E-state index contributed by atoms with van der Waals surface area (Å²) < 4.78 is 0.